The molecule has 0 aliphatic heterocycles. The molecule has 1 aromatic carbocycles. The molecule has 0 fully saturated rings. The molecule has 5 heteroatoms. The standard InChI is InChI=1S/C11H11ClN2OS/c1-14(2)8-4-3-5-9(6-8)15-11-13-10(12)7-16-11/h3-7H,1-2H3. The average Bonchev–Trinajstić information content (AvgIpc) is 2.64. The zero-order chi connectivity index (χ0) is 11.5. The van der Waals surface area contributed by atoms with Crippen molar-refractivity contribution in [2.45, 2.75) is 0 Å². The second-order valence-corrected chi connectivity index (χ2v) is 4.64. The summed E-state index contributed by atoms with van der Waals surface area (Å²) in [5.74, 6) is 0.761. The van der Waals surface area contributed by atoms with Crippen LogP contribution in [0.25, 0.3) is 0 Å². The number of thiazole rings is 1. The maximum absolute atomic E-state index is 5.72. The number of hydrogen-bond donors (Lipinski definition) is 0. The van der Waals surface area contributed by atoms with Crippen LogP contribution in [0.4, 0.5) is 5.69 Å². The van der Waals surface area contributed by atoms with E-state index in [1.807, 2.05) is 43.3 Å². The SMILES string of the molecule is CN(C)c1cccc(Oc2nc(Cl)cs2)c1. The van der Waals surface area contributed by atoms with Gasteiger partial charge in [-0.25, -0.2) is 0 Å². The Morgan fingerprint density at radius 1 is 1.38 bits per heavy atom. The maximum atomic E-state index is 5.72. The van der Waals surface area contributed by atoms with Crippen LogP contribution in [-0.4, -0.2) is 19.1 Å². The Bertz CT molecular complexity index is 484. The molecule has 0 saturated heterocycles. The van der Waals surface area contributed by atoms with E-state index < -0.39 is 0 Å². The highest BCUT2D eigenvalue weighted by Gasteiger charge is 2.03. The molecule has 0 radical (unpaired) electrons. The summed E-state index contributed by atoms with van der Waals surface area (Å²) in [6.07, 6.45) is 0. The summed E-state index contributed by atoms with van der Waals surface area (Å²) in [7, 11) is 3.97. The Morgan fingerprint density at radius 2 is 2.19 bits per heavy atom. The van der Waals surface area contributed by atoms with Crippen LogP contribution >= 0.6 is 22.9 Å². The minimum Gasteiger partial charge on any atom is -0.431 e. The number of ether oxygens (including phenoxy) is 1. The average molecular weight is 255 g/mol. The fourth-order valence-corrected chi connectivity index (χ4v) is 2.02. The van der Waals surface area contributed by atoms with E-state index in [0.29, 0.717) is 10.3 Å². The topological polar surface area (TPSA) is 25.4 Å². The zero-order valence-corrected chi connectivity index (χ0v) is 10.5. The van der Waals surface area contributed by atoms with Crippen molar-refractivity contribution in [2.75, 3.05) is 19.0 Å². The van der Waals surface area contributed by atoms with Gasteiger partial charge in [0.2, 0.25) is 0 Å². The van der Waals surface area contributed by atoms with E-state index >= 15 is 0 Å². The molecule has 2 rings (SSSR count). The van der Waals surface area contributed by atoms with Gasteiger partial charge in [-0.05, 0) is 12.1 Å². The second kappa shape index (κ2) is 4.72. The normalized spacial score (nSPS) is 10.2. The van der Waals surface area contributed by atoms with Gasteiger partial charge >= 0.3 is 0 Å². The van der Waals surface area contributed by atoms with Crippen LogP contribution in [0.15, 0.2) is 29.6 Å². The Balaban J connectivity index is 2.18. The van der Waals surface area contributed by atoms with Gasteiger partial charge in [0.1, 0.15) is 10.9 Å². The summed E-state index contributed by atoms with van der Waals surface area (Å²) >= 11 is 7.10. The predicted molar refractivity (Wildman–Crippen MR) is 68.0 cm³/mol. The first kappa shape index (κ1) is 11.2. The van der Waals surface area contributed by atoms with E-state index in [1.54, 1.807) is 5.38 Å². The Morgan fingerprint density at radius 3 is 2.81 bits per heavy atom. The third-order valence-electron chi connectivity index (χ3n) is 1.99. The molecule has 0 spiro atoms. The Labute approximate surface area is 103 Å². The third kappa shape index (κ3) is 2.65. The maximum Gasteiger partial charge on any atom is 0.280 e. The molecule has 0 amide bonds. The van der Waals surface area contributed by atoms with Crippen LogP contribution in [0.3, 0.4) is 0 Å². The number of anilines is 1. The number of benzene rings is 1. The van der Waals surface area contributed by atoms with Crippen LogP contribution in [-0.2, 0) is 0 Å². The summed E-state index contributed by atoms with van der Waals surface area (Å²) < 4.78 is 5.59. The van der Waals surface area contributed by atoms with Crippen molar-refractivity contribution in [3.8, 4) is 10.9 Å². The molecule has 16 heavy (non-hydrogen) atoms. The van der Waals surface area contributed by atoms with Gasteiger partial charge in [0.25, 0.3) is 5.19 Å². The Kier molecular flexibility index (Phi) is 3.31. The van der Waals surface area contributed by atoms with Gasteiger partial charge in [-0.15, -0.1) is 0 Å². The van der Waals surface area contributed by atoms with Gasteiger partial charge in [-0.3, -0.25) is 0 Å². The Hall–Kier alpha value is -1.26. The summed E-state index contributed by atoms with van der Waals surface area (Å²) in [4.78, 5) is 6.04. The lowest BCUT2D eigenvalue weighted by Crippen LogP contribution is -2.08. The summed E-state index contributed by atoms with van der Waals surface area (Å²) in [5.41, 5.74) is 1.08. The second-order valence-electron chi connectivity index (χ2n) is 3.43. The highest BCUT2D eigenvalue weighted by atomic mass is 35.5. The molecular formula is C11H11ClN2OS. The fraction of sp³-hybridized carbons (Fsp3) is 0.182. The van der Waals surface area contributed by atoms with Crippen LogP contribution in [0.1, 0.15) is 0 Å². The molecule has 2 aromatic rings. The number of rotatable bonds is 3. The van der Waals surface area contributed by atoms with Crippen molar-refractivity contribution in [3.63, 3.8) is 0 Å². The monoisotopic (exact) mass is 254 g/mol. The summed E-state index contributed by atoms with van der Waals surface area (Å²) in [6.45, 7) is 0. The van der Waals surface area contributed by atoms with E-state index in [0.717, 1.165) is 11.4 Å². The van der Waals surface area contributed by atoms with Gasteiger partial charge in [0.15, 0.2) is 0 Å². The molecule has 0 N–H and O–H groups in total. The molecule has 84 valence electrons. The molecule has 0 unspecified atom stereocenters. The lowest BCUT2D eigenvalue weighted by atomic mass is 10.3. The molecule has 1 heterocycles. The van der Waals surface area contributed by atoms with Crippen molar-refractivity contribution in [2.24, 2.45) is 0 Å². The quantitative estimate of drug-likeness (QED) is 0.836. The molecule has 3 nitrogen and oxygen atoms in total. The summed E-state index contributed by atoms with van der Waals surface area (Å²) in [5, 5.41) is 2.76. The lowest BCUT2D eigenvalue weighted by Gasteiger charge is -2.13. The minimum atomic E-state index is 0.462. The first-order valence-corrected chi connectivity index (χ1v) is 5.97. The van der Waals surface area contributed by atoms with Gasteiger partial charge in [-0.2, -0.15) is 4.98 Å². The van der Waals surface area contributed by atoms with Crippen LogP contribution in [0.5, 0.6) is 10.9 Å². The molecule has 0 atom stereocenters. The molecular weight excluding hydrogens is 244 g/mol. The van der Waals surface area contributed by atoms with Crippen LogP contribution in [0.2, 0.25) is 5.15 Å². The predicted octanol–water partition coefficient (Wildman–Crippen LogP) is 3.65. The fourth-order valence-electron chi connectivity index (χ4n) is 1.21. The van der Waals surface area contributed by atoms with Crippen molar-refractivity contribution < 1.29 is 4.74 Å². The van der Waals surface area contributed by atoms with Gasteiger partial charge < -0.3 is 9.64 Å². The van der Waals surface area contributed by atoms with Crippen LogP contribution in [0, 0.1) is 0 Å². The zero-order valence-electron chi connectivity index (χ0n) is 8.98. The molecule has 0 bridgehead atoms. The van der Waals surface area contributed by atoms with E-state index in [-0.39, 0.29) is 0 Å². The van der Waals surface area contributed by atoms with E-state index in [4.69, 9.17) is 16.3 Å². The molecule has 0 aliphatic rings. The van der Waals surface area contributed by atoms with Gasteiger partial charge in [0, 0.05) is 31.2 Å². The van der Waals surface area contributed by atoms with Crippen molar-refractivity contribution in [1.82, 2.24) is 4.98 Å². The smallest absolute Gasteiger partial charge is 0.280 e. The molecule has 0 aliphatic carbocycles. The molecule has 1 aromatic heterocycles. The number of nitrogens with zero attached hydrogens (tertiary/aromatic N) is 2. The highest BCUT2D eigenvalue weighted by Crippen LogP contribution is 2.28. The van der Waals surface area contributed by atoms with E-state index in [1.165, 1.54) is 11.3 Å². The van der Waals surface area contributed by atoms with Crippen molar-refractivity contribution in [1.29, 1.82) is 0 Å². The largest absolute Gasteiger partial charge is 0.431 e. The highest BCUT2D eigenvalue weighted by molar-refractivity contribution is 7.11. The number of aromatic nitrogens is 1. The van der Waals surface area contributed by atoms with E-state index in [9.17, 15) is 0 Å². The third-order valence-corrected chi connectivity index (χ3v) is 3.03. The first-order valence-electron chi connectivity index (χ1n) is 4.71. The lowest BCUT2D eigenvalue weighted by molar-refractivity contribution is 0.479. The van der Waals surface area contributed by atoms with Gasteiger partial charge in [-0.1, -0.05) is 29.0 Å². The molecule has 0 saturated carbocycles. The number of halogens is 1. The van der Waals surface area contributed by atoms with Gasteiger partial charge in [0.05, 0.1) is 0 Å². The minimum absolute atomic E-state index is 0.462. The van der Waals surface area contributed by atoms with E-state index in [2.05, 4.69) is 4.98 Å². The number of hydrogen-bond acceptors (Lipinski definition) is 4. The van der Waals surface area contributed by atoms with Crippen molar-refractivity contribution >= 4 is 28.6 Å². The summed E-state index contributed by atoms with van der Waals surface area (Å²) in [6, 6.07) is 7.80. The van der Waals surface area contributed by atoms with Crippen LogP contribution < -0.4 is 9.64 Å². The first-order chi connectivity index (χ1) is 7.65. The van der Waals surface area contributed by atoms with Crippen molar-refractivity contribution in [3.05, 3.63) is 34.8 Å².